The number of fused-ring (bicyclic) bond motifs is 1. The summed E-state index contributed by atoms with van der Waals surface area (Å²) in [5, 5.41) is 22.2. The molecule has 0 spiro atoms. The number of benzene rings is 1. The highest BCUT2D eigenvalue weighted by Crippen LogP contribution is 2.34. The van der Waals surface area contributed by atoms with Gasteiger partial charge in [-0.25, -0.2) is 9.36 Å². The van der Waals surface area contributed by atoms with E-state index < -0.39 is 6.04 Å². The Morgan fingerprint density at radius 1 is 1.12 bits per heavy atom. The zero-order chi connectivity index (χ0) is 22.4. The zero-order valence-electron chi connectivity index (χ0n) is 17.2. The fraction of sp³-hybridized carbons (Fsp3) is 0.318. The van der Waals surface area contributed by atoms with E-state index in [2.05, 4.69) is 5.32 Å². The van der Waals surface area contributed by atoms with Crippen molar-refractivity contribution >= 4 is 34.7 Å². The van der Waals surface area contributed by atoms with Gasteiger partial charge in [-0.05, 0) is 55.7 Å². The van der Waals surface area contributed by atoms with Gasteiger partial charge in [0.25, 0.3) is 5.91 Å². The molecule has 2 aliphatic rings. The molecule has 1 fully saturated rings. The standard InChI is InChI=1S/C22H22ClN5O3S/c23-17-8-7-16(32-17)20(29)25-15-9-12-27-18(15)21(30)28(22(27)31)14-5-3-13(4-6-14)19(24)26-10-1-2-11-26/h3-8,15,24,30H,1-2,9-12H2,(H,25,29)/t15-/m1/s1. The number of hydrogen-bond acceptors (Lipinski definition) is 5. The molecule has 3 aromatic rings. The van der Waals surface area contributed by atoms with Crippen molar-refractivity contribution in [3.05, 3.63) is 67.4 Å². The maximum atomic E-state index is 13.0. The Morgan fingerprint density at radius 3 is 2.50 bits per heavy atom. The van der Waals surface area contributed by atoms with Crippen LogP contribution in [0.2, 0.25) is 4.34 Å². The average Bonchev–Trinajstić information content (AvgIpc) is 3.57. The molecule has 2 aliphatic heterocycles. The summed E-state index contributed by atoms with van der Waals surface area (Å²) in [6.07, 6.45) is 2.71. The number of nitrogens with zero attached hydrogens (tertiary/aromatic N) is 3. The van der Waals surface area contributed by atoms with Crippen molar-refractivity contribution < 1.29 is 9.90 Å². The third-order valence-corrected chi connectivity index (χ3v) is 7.28. The Labute approximate surface area is 193 Å². The minimum atomic E-state index is -0.472. The molecule has 5 rings (SSSR count). The largest absolute Gasteiger partial charge is 0.493 e. The molecule has 1 atom stereocenters. The average molecular weight is 472 g/mol. The van der Waals surface area contributed by atoms with Crippen molar-refractivity contribution in [3.8, 4) is 11.6 Å². The van der Waals surface area contributed by atoms with Crippen molar-refractivity contribution in [1.29, 1.82) is 5.41 Å². The summed E-state index contributed by atoms with van der Waals surface area (Å²) in [4.78, 5) is 28.1. The van der Waals surface area contributed by atoms with Crippen LogP contribution in [-0.2, 0) is 6.54 Å². The predicted molar refractivity (Wildman–Crippen MR) is 123 cm³/mol. The number of likely N-dealkylation sites (tertiary alicyclic amines) is 1. The Morgan fingerprint density at radius 2 is 1.84 bits per heavy atom. The van der Waals surface area contributed by atoms with Crippen LogP contribution in [0.15, 0.2) is 41.2 Å². The molecule has 4 heterocycles. The van der Waals surface area contributed by atoms with Crippen LogP contribution in [0.1, 0.15) is 46.2 Å². The van der Waals surface area contributed by atoms with Gasteiger partial charge in [0.1, 0.15) is 11.5 Å². The van der Waals surface area contributed by atoms with E-state index >= 15 is 0 Å². The lowest BCUT2D eigenvalue weighted by atomic mass is 10.1. The third-order valence-electron chi connectivity index (χ3n) is 6.05. The lowest BCUT2D eigenvalue weighted by molar-refractivity contribution is 0.0940. The summed E-state index contributed by atoms with van der Waals surface area (Å²) < 4.78 is 3.27. The van der Waals surface area contributed by atoms with Gasteiger partial charge in [-0.3, -0.25) is 14.8 Å². The van der Waals surface area contributed by atoms with Crippen LogP contribution in [0.25, 0.3) is 5.69 Å². The van der Waals surface area contributed by atoms with Crippen LogP contribution in [-0.4, -0.2) is 44.0 Å². The molecule has 1 saturated heterocycles. The fourth-order valence-corrected chi connectivity index (χ4v) is 5.38. The SMILES string of the molecule is N=C(c1ccc(-n2c(O)c3n(c2=O)CC[C@H]3NC(=O)c2ccc(Cl)s2)cc1)N1CCCC1. The second kappa shape index (κ2) is 8.14. The number of thiophene rings is 1. The van der Waals surface area contributed by atoms with Gasteiger partial charge in [0.15, 0.2) is 0 Å². The number of carbonyl (C=O) groups is 1. The summed E-state index contributed by atoms with van der Waals surface area (Å²) in [7, 11) is 0. The number of carbonyl (C=O) groups excluding carboxylic acids is 1. The normalized spacial score (nSPS) is 17.5. The van der Waals surface area contributed by atoms with Crippen LogP contribution in [0, 0.1) is 5.41 Å². The number of aromatic hydroxyl groups is 1. The quantitative estimate of drug-likeness (QED) is 0.401. The Kier molecular flexibility index (Phi) is 5.30. The number of amidine groups is 1. The minimum Gasteiger partial charge on any atom is -0.493 e. The van der Waals surface area contributed by atoms with Gasteiger partial charge < -0.3 is 15.3 Å². The molecule has 0 radical (unpaired) electrons. The first kappa shape index (κ1) is 20.8. The molecule has 166 valence electrons. The number of amides is 1. The van der Waals surface area contributed by atoms with Crippen LogP contribution < -0.4 is 11.0 Å². The molecular formula is C22H22ClN5O3S. The monoisotopic (exact) mass is 471 g/mol. The first-order chi connectivity index (χ1) is 15.4. The maximum absolute atomic E-state index is 13.0. The predicted octanol–water partition coefficient (Wildman–Crippen LogP) is 3.36. The van der Waals surface area contributed by atoms with Crippen LogP contribution in [0.3, 0.4) is 0 Å². The van der Waals surface area contributed by atoms with Crippen molar-refractivity contribution in [2.75, 3.05) is 13.1 Å². The summed E-state index contributed by atoms with van der Waals surface area (Å²) in [6, 6.07) is 9.90. The fourth-order valence-electron chi connectivity index (χ4n) is 4.44. The van der Waals surface area contributed by atoms with Crippen LogP contribution in [0.5, 0.6) is 5.88 Å². The first-order valence-electron chi connectivity index (χ1n) is 10.5. The molecule has 10 heteroatoms. The third kappa shape index (κ3) is 3.51. The van der Waals surface area contributed by atoms with Crippen molar-refractivity contribution in [3.63, 3.8) is 0 Å². The topological polar surface area (TPSA) is 103 Å². The molecular weight excluding hydrogens is 450 g/mol. The van der Waals surface area contributed by atoms with E-state index in [1.807, 2.05) is 4.90 Å². The molecule has 0 saturated carbocycles. The van der Waals surface area contributed by atoms with Gasteiger partial charge in [-0.1, -0.05) is 11.6 Å². The molecule has 2 aromatic heterocycles. The Bertz CT molecular complexity index is 1250. The van der Waals surface area contributed by atoms with Gasteiger partial charge in [0.2, 0.25) is 5.88 Å². The molecule has 8 nitrogen and oxygen atoms in total. The van der Waals surface area contributed by atoms with E-state index in [0.29, 0.717) is 39.4 Å². The summed E-state index contributed by atoms with van der Waals surface area (Å²) in [6.45, 7) is 2.18. The van der Waals surface area contributed by atoms with Crippen LogP contribution in [0.4, 0.5) is 0 Å². The first-order valence-corrected chi connectivity index (χ1v) is 11.7. The molecule has 3 N–H and O–H groups in total. The molecule has 0 bridgehead atoms. The van der Waals surface area contributed by atoms with E-state index in [4.69, 9.17) is 17.0 Å². The lowest BCUT2D eigenvalue weighted by Crippen LogP contribution is -2.27. The van der Waals surface area contributed by atoms with Crippen LogP contribution >= 0.6 is 22.9 Å². The second-order valence-electron chi connectivity index (χ2n) is 7.99. The number of hydrogen-bond donors (Lipinski definition) is 3. The molecule has 0 unspecified atom stereocenters. The minimum absolute atomic E-state index is 0.176. The molecule has 32 heavy (non-hydrogen) atoms. The summed E-state index contributed by atoms with van der Waals surface area (Å²) in [5.41, 5.74) is 1.34. The molecule has 1 aromatic carbocycles. The number of aromatic nitrogens is 2. The Hall–Kier alpha value is -3.04. The van der Waals surface area contributed by atoms with Crippen molar-refractivity contribution in [2.24, 2.45) is 0 Å². The van der Waals surface area contributed by atoms with Gasteiger partial charge >= 0.3 is 5.69 Å². The molecule has 1 amide bonds. The smallest absolute Gasteiger partial charge is 0.335 e. The highest BCUT2D eigenvalue weighted by Gasteiger charge is 2.33. The van der Waals surface area contributed by atoms with Crippen molar-refractivity contribution in [1.82, 2.24) is 19.4 Å². The van der Waals surface area contributed by atoms with Crippen molar-refractivity contribution in [2.45, 2.75) is 31.8 Å². The number of nitrogens with one attached hydrogen (secondary N) is 2. The van der Waals surface area contributed by atoms with Gasteiger partial charge in [0, 0.05) is 25.2 Å². The zero-order valence-corrected chi connectivity index (χ0v) is 18.7. The van der Waals surface area contributed by atoms with E-state index in [-0.39, 0.29) is 17.5 Å². The van der Waals surface area contributed by atoms with E-state index in [9.17, 15) is 14.7 Å². The second-order valence-corrected chi connectivity index (χ2v) is 9.70. The summed E-state index contributed by atoms with van der Waals surface area (Å²) in [5.74, 6) is 0.00978. The highest BCUT2D eigenvalue weighted by atomic mass is 35.5. The number of halogens is 1. The van der Waals surface area contributed by atoms with Gasteiger partial charge in [-0.15, -0.1) is 11.3 Å². The van der Waals surface area contributed by atoms with Gasteiger partial charge in [0.05, 0.1) is 20.9 Å². The van der Waals surface area contributed by atoms with E-state index in [0.717, 1.165) is 31.5 Å². The van der Waals surface area contributed by atoms with Gasteiger partial charge in [-0.2, -0.15) is 0 Å². The van der Waals surface area contributed by atoms with E-state index in [1.165, 1.54) is 20.5 Å². The number of rotatable bonds is 4. The number of imidazole rings is 1. The highest BCUT2D eigenvalue weighted by molar-refractivity contribution is 7.18. The maximum Gasteiger partial charge on any atom is 0.335 e. The molecule has 0 aliphatic carbocycles. The van der Waals surface area contributed by atoms with E-state index in [1.54, 1.807) is 36.4 Å². The summed E-state index contributed by atoms with van der Waals surface area (Å²) >= 11 is 7.10. The Balaban J connectivity index is 1.41. The lowest BCUT2D eigenvalue weighted by Gasteiger charge is -2.18.